The summed E-state index contributed by atoms with van der Waals surface area (Å²) >= 11 is 1.88. The molecule has 0 saturated carbocycles. The molecule has 0 radical (unpaired) electrons. The van der Waals surface area contributed by atoms with Gasteiger partial charge in [0.15, 0.2) is 0 Å². The third-order valence-corrected chi connectivity index (χ3v) is 7.11. The van der Waals surface area contributed by atoms with Gasteiger partial charge in [0.2, 0.25) is 0 Å². The Morgan fingerprint density at radius 1 is 0.806 bits per heavy atom. The van der Waals surface area contributed by atoms with E-state index in [4.69, 9.17) is 0 Å². The van der Waals surface area contributed by atoms with E-state index in [1.807, 2.05) is 28.8 Å². The van der Waals surface area contributed by atoms with Crippen LogP contribution in [0.4, 0.5) is 11.4 Å². The Morgan fingerprint density at radius 3 is 2.26 bits per heavy atom. The number of piperazine rings is 1. The SMILES string of the molecule is O=C(c1ccc2c(c1)N(Cc1ccccc1)CCS2)N1CCN(c2ccccc2)CC1. The lowest BCUT2D eigenvalue weighted by atomic mass is 10.1. The minimum absolute atomic E-state index is 0.144. The van der Waals surface area contributed by atoms with Crippen LogP contribution in [0.2, 0.25) is 0 Å². The van der Waals surface area contributed by atoms with Crippen LogP contribution in [0.1, 0.15) is 15.9 Å². The van der Waals surface area contributed by atoms with Gasteiger partial charge >= 0.3 is 0 Å². The minimum atomic E-state index is 0.144. The summed E-state index contributed by atoms with van der Waals surface area (Å²) in [4.78, 5) is 21.3. The van der Waals surface area contributed by atoms with Gasteiger partial charge in [0.05, 0.1) is 5.69 Å². The van der Waals surface area contributed by atoms with Crippen LogP contribution >= 0.6 is 11.8 Å². The molecule has 0 atom stereocenters. The molecule has 5 rings (SSSR count). The van der Waals surface area contributed by atoms with E-state index in [0.717, 1.165) is 50.6 Å². The summed E-state index contributed by atoms with van der Waals surface area (Å²) in [7, 11) is 0. The summed E-state index contributed by atoms with van der Waals surface area (Å²) in [5.74, 6) is 1.22. The molecule has 0 unspecified atom stereocenters. The molecule has 158 valence electrons. The van der Waals surface area contributed by atoms with E-state index in [0.29, 0.717) is 0 Å². The molecule has 1 saturated heterocycles. The fourth-order valence-corrected chi connectivity index (χ4v) is 5.39. The molecule has 2 aliphatic heterocycles. The van der Waals surface area contributed by atoms with Crippen molar-refractivity contribution in [3.05, 3.63) is 90.0 Å². The number of hydrogen-bond donors (Lipinski definition) is 0. The van der Waals surface area contributed by atoms with Crippen LogP contribution in [-0.2, 0) is 6.54 Å². The first-order chi connectivity index (χ1) is 15.3. The highest BCUT2D eigenvalue weighted by Crippen LogP contribution is 2.36. The Morgan fingerprint density at radius 2 is 1.52 bits per heavy atom. The molecule has 0 N–H and O–H groups in total. The number of anilines is 2. The van der Waals surface area contributed by atoms with Crippen molar-refractivity contribution in [3.63, 3.8) is 0 Å². The number of amides is 1. The molecule has 1 fully saturated rings. The Kier molecular flexibility index (Phi) is 5.85. The van der Waals surface area contributed by atoms with Gasteiger partial charge in [-0.1, -0.05) is 48.5 Å². The van der Waals surface area contributed by atoms with Crippen molar-refractivity contribution in [2.24, 2.45) is 0 Å². The summed E-state index contributed by atoms with van der Waals surface area (Å²) < 4.78 is 0. The van der Waals surface area contributed by atoms with Crippen LogP contribution in [-0.4, -0.2) is 49.3 Å². The summed E-state index contributed by atoms with van der Waals surface area (Å²) in [6.45, 7) is 5.13. The van der Waals surface area contributed by atoms with Crippen LogP contribution in [0.25, 0.3) is 0 Å². The number of hydrogen-bond acceptors (Lipinski definition) is 4. The van der Waals surface area contributed by atoms with Crippen LogP contribution in [0.15, 0.2) is 83.8 Å². The van der Waals surface area contributed by atoms with Crippen molar-refractivity contribution in [2.45, 2.75) is 11.4 Å². The Labute approximate surface area is 188 Å². The normalized spacial score (nSPS) is 16.2. The van der Waals surface area contributed by atoms with E-state index < -0.39 is 0 Å². The summed E-state index contributed by atoms with van der Waals surface area (Å²) in [6, 6.07) is 27.3. The molecule has 0 spiro atoms. The van der Waals surface area contributed by atoms with Gasteiger partial charge in [0, 0.05) is 61.2 Å². The maximum atomic E-state index is 13.3. The lowest BCUT2D eigenvalue weighted by Crippen LogP contribution is -2.48. The van der Waals surface area contributed by atoms with Gasteiger partial charge in [0.25, 0.3) is 5.91 Å². The Hall–Kier alpha value is -2.92. The molecule has 4 nitrogen and oxygen atoms in total. The van der Waals surface area contributed by atoms with E-state index in [-0.39, 0.29) is 5.91 Å². The second-order valence-electron chi connectivity index (χ2n) is 8.05. The number of benzene rings is 3. The first-order valence-corrected chi connectivity index (χ1v) is 11.9. The monoisotopic (exact) mass is 429 g/mol. The highest BCUT2D eigenvalue weighted by molar-refractivity contribution is 7.99. The average molecular weight is 430 g/mol. The molecule has 1 amide bonds. The predicted molar refractivity (Wildman–Crippen MR) is 129 cm³/mol. The zero-order chi connectivity index (χ0) is 21.0. The third kappa shape index (κ3) is 4.42. The summed E-state index contributed by atoms with van der Waals surface area (Å²) in [6.07, 6.45) is 0. The largest absolute Gasteiger partial charge is 0.368 e. The Balaban J connectivity index is 1.30. The number of fused-ring (bicyclic) bond motifs is 1. The topological polar surface area (TPSA) is 26.8 Å². The van der Waals surface area contributed by atoms with Crippen molar-refractivity contribution >= 4 is 29.0 Å². The lowest BCUT2D eigenvalue weighted by molar-refractivity contribution is 0.0746. The molecular formula is C26H27N3OS. The second kappa shape index (κ2) is 9.06. The molecule has 0 aromatic heterocycles. The number of carbonyl (C=O) groups is 1. The Bertz CT molecular complexity index is 1030. The van der Waals surface area contributed by atoms with Gasteiger partial charge in [-0.25, -0.2) is 0 Å². The minimum Gasteiger partial charge on any atom is -0.368 e. The first kappa shape index (κ1) is 20.0. The summed E-state index contributed by atoms with van der Waals surface area (Å²) in [5, 5.41) is 0. The number of thioether (sulfide) groups is 1. The molecule has 3 aromatic rings. The van der Waals surface area contributed by atoms with Crippen LogP contribution < -0.4 is 9.80 Å². The maximum Gasteiger partial charge on any atom is 0.254 e. The van der Waals surface area contributed by atoms with Crippen molar-refractivity contribution in [3.8, 4) is 0 Å². The smallest absolute Gasteiger partial charge is 0.254 e. The lowest BCUT2D eigenvalue weighted by Gasteiger charge is -2.36. The number of carbonyl (C=O) groups excluding carboxylic acids is 1. The molecule has 3 aromatic carbocycles. The second-order valence-corrected chi connectivity index (χ2v) is 9.19. The fraction of sp³-hybridized carbons (Fsp3) is 0.269. The molecule has 2 aliphatic rings. The van der Waals surface area contributed by atoms with Crippen LogP contribution in [0, 0.1) is 0 Å². The molecule has 5 heteroatoms. The zero-order valence-corrected chi connectivity index (χ0v) is 18.4. The molecule has 0 bridgehead atoms. The van der Waals surface area contributed by atoms with Gasteiger partial charge in [-0.2, -0.15) is 0 Å². The van der Waals surface area contributed by atoms with Crippen molar-refractivity contribution < 1.29 is 4.79 Å². The van der Waals surface area contributed by atoms with Crippen molar-refractivity contribution in [1.82, 2.24) is 4.90 Å². The van der Waals surface area contributed by atoms with Gasteiger partial charge in [-0.05, 0) is 35.9 Å². The highest BCUT2D eigenvalue weighted by atomic mass is 32.2. The molecule has 2 heterocycles. The molecular weight excluding hydrogens is 402 g/mol. The summed E-state index contributed by atoms with van der Waals surface area (Å²) in [5.41, 5.74) is 4.52. The van der Waals surface area contributed by atoms with Crippen molar-refractivity contribution in [1.29, 1.82) is 0 Å². The van der Waals surface area contributed by atoms with E-state index in [1.165, 1.54) is 21.8 Å². The maximum absolute atomic E-state index is 13.3. The van der Waals surface area contributed by atoms with Gasteiger partial charge in [-0.3, -0.25) is 4.79 Å². The van der Waals surface area contributed by atoms with Crippen LogP contribution in [0.5, 0.6) is 0 Å². The van der Waals surface area contributed by atoms with Gasteiger partial charge in [0.1, 0.15) is 0 Å². The zero-order valence-electron chi connectivity index (χ0n) is 17.6. The van der Waals surface area contributed by atoms with E-state index in [9.17, 15) is 4.79 Å². The molecule has 31 heavy (non-hydrogen) atoms. The van der Waals surface area contributed by atoms with Gasteiger partial charge in [-0.15, -0.1) is 11.8 Å². The third-order valence-electron chi connectivity index (χ3n) is 6.07. The quantitative estimate of drug-likeness (QED) is 0.597. The van der Waals surface area contributed by atoms with E-state index in [1.54, 1.807) is 0 Å². The van der Waals surface area contributed by atoms with E-state index >= 15 is 0 Å². The van der Waals surface area contributed by atoms with Gasteiger partial charge < -0.3 is 14.7 Å². The predicted octanol–water partition coefficient (Wildman–Crippen LogP) is 4.76. The number of nitrogens with zero attached hydrogens (tertiary/aromatic N) is 3. The first-order valence-electron chi connectivity index (χ1n) is 10.9. The van der Waals surface area contributed by atoms with Crippen LogP contribution in [0.3, 0.4) is 0 Å². The number of rotatable bonds is 4. The fourth-order valence-electron chi connectivity index (χ4n) is 4.36. The number of para-hydroxylation sites is 1. The average Bonchev–Trinajstić information content (AvgIpc) is 2.85. The van der Waals surface area contributed by atoms with E-state index in [2.05, 4.69) is 76.5 Å². The highest BCUT2D eigenvalue weighted by Gasteiger charge is 2.25. The standard InChI is InChI=1S/C26H27N3OS/c30-26(28-15-13-27(14-16-28)23-9-5-2-6-10-23)22-11-12-25-24(19-22)29(17-18-31-25)20-21-7-3-1-4-8-21/h1-12,19H,13-18,20H2. The van der Waals surface area contributed by atoms with Crippen molar-refractivity contribution in [2.75, 3.05) is 48.3 Å². The molecule has 0 aliphatic carbocycles.